The molecule has 0 radical (unpaired) electrons. The average molecular weight is 180 g/mol. The highest BCUT2D eigenvalue weighted by Crippen LogP contribution is 2.51. The molecule has 0 bridgehead atoms. The van der Waals surface area contributed by atoms with Crippen LogP contribution in [0.3, 0.4) is 0 Å². The maximum absolute atomic E-state index is 9.23. The predicted octanol–water partition coefficient (Wildman–Crippen LogP) is 1.35. The molecule has 3 rings (SSSR count). The van der Waals surface area contributed by atoms with Crippen molar-refractivity contribution in [1.82, 2.24) is 0 Å². The highest BCUT2D eigenvalue weighted by Gasteiger charge is 2.45. The maximum atomic E-state index is 9.23. The molecule has 1 aliphatic heterocycles. The Labute approximate surface area is 78.6 Å². The Bertz CT molecular complexity index is 257. The van der Waals surface area contributed by atoms with Crippen LogP contribution >= 0.6 is 0 Å². The van der Waals surface area contributed by atoms with Crippen LogP contribution in [0.2, 0.25) is 0 Å². The third kappa shape index (κ3) is 1.02. The fraction of sp³-hybridized carbons (Fsp3) is 0.818. The fourth-order valence-corrected chi connectivity index (χ4v) is 3.46. The molecule has 0 aromatic heterocycles. The van der Waals surface area contributed by atoms with Gasteiger partial charge in [0, 0.05) is 5.92 Å². The summed E-state index contributed by atoms with van der Waals surface area (Å²) in [6.07, 6.45) is 3.75. The zero-order valence-corrected chi connectivity index (χ0v) is 7.83. The van der Waals surface area contributed by atoms with E-state index in [0.29, 0.717) is 5.92 Å². The van der Waals surface area contributed by atoms with E-state index in [2.05, 4.69) is 0 Å². The van der Waals surface area contributed by atoms with Crippen molar-refractivity contribution in [3.63, 3.8) is 0 Å². The Hall–Kier alpha value is -0.340. The van der Waals surface area contributed by atoms with Gasteiger partial charge in [-0.3, -0.25) is 0 Å². The molecule has 1 heterocycles. The number of rotatable bonds is 1. The van der Waals surface area contributed by atoms with E-state index >= 15 is 0 Å². The lowest BCUT2D eigenvalue weighted by Crippen LogP contribution is -2.07. The Morgan fingerprint density at radius 1 is 1.38 bits per heavy atom. The van der Waals surface area contributed by atoms with Gasteiger partial charge >= 0.3 is 0 Å². The molecule has 2 heteroatoms. The summed E-state index contributed by atoms with van der Waals surface area (Å²) >= 11 is 0. The van der Waals surface area contributed by atoms with Gasteiger partial charge < -0.3 is 9.84 Å². The van der Waals surface area contributed by atoms with Crippen LogP contribution in [0, 0.1) is 17.8 Å². The molecule has 2 nitrogen and oxygen atoms in total. The number of aliphatic hydroxyl groups is 1. The van der Waals surface area contributed by atoms with Crippen LogP contribution in [0.1, 0.15) is 19.3 Å². The molecule has 0 aromatic rings. The zero-order chi connectivity index (χ0) is 8.84. The monoisotopic (exact) mass is 180 g/mol. The Kier molecular flexibility index (Phi) is 1.74. The van der Waals surface area contributed by atoms with Gasteiger partial charge in [-0.25, -0.2) is 0 Å². The number of aliphatic hydroxyl groups excluding tert-OH is 1. The van der Waals surface area contributed by atoms with Crippen LogP contribution in [-0.2, 0) is 4.74 Å². The summed E-state index contributed by atoms with van der Waals surface area (Å²) < 4.78 is 5.50. The van der Waals surface area contributed by atoms with Crippen LogP contribution in [0.25, 0.3) is 0 Å². The smallest absolute Gasteiger partial charge is 0.0644 e. The van der Waals surface area contributed by atoms with Gasteiger partial charge in [-0.1, -0.05) is 5.57 Å². The first-order valence-electron chi connectivity index (χ1n) is 5.30. The second kappa shape index (κ2) is 2.82. The van der Waals surface area contributed by atoms with E-state index in [1.54, 1.807) is 5.57 Å². The zero-order valence-electron chi connectivity index (χ0n) is 7.83. The molecule has 3 unspecified atom stereocenters. The van der Waals surface area contributed by atoms with Crippen molar-refractivity contribution in [2.45, 2.75) is 19.3 Å². The minimum atomic E-state index is 0.287. The van der Waals surface area contributed by atoms with Gasteiger partial charge in [-0.05, 0) is 36.7 Å². The average Bonchev–Trinajstić information content (AvgIpc) is 2.72. The topological polar surface area (TPSA) is 29.5 Å². The summed E-state index contributed by atoms with van der Waals surface area (Å²) in [7, 11) is 0. The lowest BCUT2D eigenvalue weighted by Gasteiger charge is -2.10. The van der Waals surface area contributed by atoms with E-state index in [9.17, 15) is 5.11 Å². The first kappa shape index (κ1) is 8.01. The minimum Gasteiger partial charge on any atom is -0.392 e. The SMILES string of the molecule is OCC1=C2C(CC1)CC1COCC21. The molecule has 0 spiro atoms. The van der Waals surface area contributed by atoms with Gasteiger partial charge in [-0.2, -0.15) is 0 Å². The molecule has 3 atom stereocenters. The fourth-order valence-electron chi connectivity index (χ4n) is 3.46. The quantitative estimate of drug-likeness (QED) is 0.617. The molecule has 3 aliphatic rings. The van der Waals surface area contributed by atoms with E-state index in [0.717, 1.165) is 31.5 Å². The van der Waals surface area contributed by atoms with Crippen LogP contribution in [0.15, 0.2) is 11.1 Å². The van der Waals surface area contributed by atoms with E-state index in [-0.39, 0.29) is 6.61 Å². The van der Waals surface area contributed by atoms with Crippen LogP contribution in [-0.4, -0.2) is 24.9 Å². The van der Waals surface area contributed by atoms with Crippen molar-refractivity contribution in [3.8, 4) is 0 Å². The Morgan fingerprint density at radius 2 is 2.31 bits per heavy atom. The van der Waals surface area contributed by atoms with Crippen LogP contribution in [0.5, 0.6) is 0 Å². The minimum absolute atomic E-state index is 0.287. The summed E-state index contributed by atoms with van der Waals surface area (Å²) in [5.74, 6) is 2.26. The van der Waals surface area contributed by atoms with E-state index in [1.165, 1.54) is 18.4 Å². The first-order valence-corrected chi connectivity index (χ1v) is 5.30. The van der Waals surface area contributed by atoms with Gasteiger partial charge in [0.25, 0.3) is 0 Å². The van der Waals surface area contributed by atoms with E-state index in [4.69, 9.17) is 4.74 Å². The molecule has 1 saturated carbocycles. The van der Waals surface area contributed by atoms with Gasteiger partial charge in [0.2, 0.25) is 0 Å². The van der Waals surface area contributed by atoms with Crippen molar-refractivity contribution < 1.29 is 9.84 Å². The highest BCUT2D eigenvalue weighted by molar-refractivity contribution is 5.30. The van der Waals surface area contributed by atoms with Crippen molar-refractivity contribution in [1.29, 1.82) is 0 Å². The van der Waals surface area contributed by atoms with Crippen molar-refractivity contribution >= 4 is 0 Å². The normalized spacial score (nSPS) is 42.7. The molecular weight excluding hydrogens is 164 g/mol. The van der Waals surface area contributed by atoms with Crippen molar-refractivity contribution in [2.24, 2.45) is 17.8 Å². The van der Waals surface area contributed by atoms with E-state index < -0.39 is 0 Å². The lowest BCUT2D eigenvalue weighted by molar-refractivity contribution is 0.174. The molecule has 0 aromatic carbocycles. The number of hydrogen-bond donors (Lipinski definition) is 1. The van der Waals surface area contributed by atoms with Gasteiger partial charge in [-0.15, -0.1) is 0 Å². The second-order valence-corrected chi connectivity index (χ2v) is 4.59. The number of ether oxygens (including phenoxy) is 1. The van der Waals surface area contributed by atoms with Crippen LogP contribution in [0.4, 0.5) is 0 Å². The van der Waals surface area contributed by atoms with Gasteiger partial charge in [0.1, 0.15) is 0 Å². The standard InChI is InChI=1S/C11H16O2/c12-4-8-2-1-7-3-9-5-13-6-10(9)11(7)8/h7,9-10,12H,1-6H2. The molecule has 1 saturated heterocycles. The van der Waals surface area contributed by atoms with Crippen molar-refractivity contribution in [3.05, 3.63) is 11.1 Å². The summed E-state index contributed by atoms with van der Waals surface area (Å²) in [6, 6.07) is 0. The number of hydrogen-bond acceptors (Lipinski definition) is 2. The molecule has 2 aliphatic carbocycles. The van der Waals surface area contributed by atoms with Crippen LogP contribution < -0.4 is 0 Å². The largest absolute Gasteiger partial charge is 0.392 e. The van der Waals surface area contributed by atoms with E-state index in [1.807, 2.05) is 0 Å². The predicted molar refractivity (Wildman–Crippen MR) is 49.3 cm³/mol. The molecule has 1 N–H and O–H groups in total. The first-order chi connectivity index (χ1) is 6.40. The van der Waals surface area contributed by atoms with Gasteiger partial charge in [0.15, 0.2) is 0 Å². The Balaban J connectivity index is 1.96. The second-order valence-electron chi connectivity index (χ2n) is 4.59. The molecule has 13 heavy (non-hydrogen) atoms. The van der Waals surface area contributed by atoms with Gasteiger partial charge in [0.05, 0.1) is 19.8 Å². The third-order valence-electron chi connectivity index (χ3n) is 4.02. The molecule has 2 fully saturated rings. The summed E-state index contributed by atoms with van der Waals surface area (Å²) in [5, 5.41) is 9.23. The summed E-state index contributed by atoms with van der Waals surface area (Å²) in [4.78, 5) is 0. The Morgan fingerprint density at radius 3 is 3.15 bits per heavy atom. The summed E-state index contributed by atoms with van der Waals surface area (Å²) in [5.41, 5.74) is 2.92. The van der Waals surface area contributed by atoms with Crippen molar-refractivity contribution in [2.75, 3.05) is 19.8 Å². The summed E-state index contributed by atoms with van der Waals surface area (Å²) in [6.45, 7) is 2.17. The third-order valence-corrected chi connectivity index (χ3v) is 4.02. The molecular formula is C11H16O2. The maximum Gasteiger partial charge on any atom is 0.0644 e. The molecule has 72 valence electrons. The highest BCUT2D eigenvalue weighted by atomic mass is 16.5. The lowest BCUT2D eigenvalue weighted by atomic mass is 9.94. The number of fused-ring (bicyclic) bond motifs is 3. The molecule has 0 amide bonds.